The Hall–Kier alpha value is -2.34. The predicted octanol–water partition coefficient (Wildman–Crippen LogP) is 1.85. The minimum Gasteiger partial charge on any atom is -0.480 e. The molecule has 2 aromatic rings. The maximum absolute atomic E-state index is 12.6. The van der Waals surface area contributed by atoms with Crippen LogP contribution in [0.2, 0.25) is 0 Å². The zero-order valence-electron chi connectivity index (χ0n) is 14.0. The number of rotatable bonds is 6. The number of carbonyl (C=O) groups is 2. The van der Waals surface area contributed by atoms with E-state index < -0.39 is 5.97 Å². The number of carbonyl (C=O) groups excluding carboxylic acids is 1. The van der Waals surface area contributed by atoms with Crippen LogP contribution in [-0.2, 0) is 11.8 Å². The molecule has 6 heteroatoms. The highest BCUT2D eigenvalue weighted by molar-refractivity contribution is 6.07. The summed E-state index contributed by atoms with van der Waals surface area (Å²) in [5.74, 6) is -0.864. The van der Waals surface area contributed by atoms with Crippen LogP contribution in [0.1, 0.15) is 30.1 Å². The highest BCUT2D eigenvalue weighted by Crippen LogP contribution is 2.27. The number of para-hydroxylation sites is 1. The third-order valence-electron chi connectivity index (χ3n) is 4.85. The maximum Gasteiger partial charge on any atom is 0.317 e. The number of carboxylic acid groups (broad SMARTS) is 1. The van der Waals surface area contributed by atoms with E-state index in [1.54, 1.807) is 0 Å². The summed E-state index contributed by atoms with van der Waals surface area (Å²) in [6, 6.07) is 8.20. The number of benzene rings is 1. The lowest BCUT2D eigenvalue weighted by Crippen LogP contribution is -2.54. The van der Waals surface area contributed by atoms with Crippen LogP contribution in [0.15, 0.2) is 30.5 Å². The van der Waals surface area contributed by atoms with Gasteiger partial charge in [-0.1, -0.05) is 25.1 Å². The van der Waals surface area contributed by atoms with Gasteiger partial charge in [-0.05, 0) is 25.5 Å². The van der Waals surface area contributed by atoms with Gasteiger partial charge in [0, 0.05) is 36.2 Å². The summed E-state index contributed by atoms with van der Waals surface area (Å²) in [4.78, 5) is 25.4. The van der Waals surface area contributed by atoms with Crippen LogP contribution in [0.5, 0.6) is 0 Å². The van der Waals surface area contributed by atoms with Gasteiger partial charge in [0.1, 0.15) is 0 Å². The first-order valence-corrected chi connectivity index (χ1v) is 8.30. The van der Waals surface area contributed by atoms with Crippen LogP contribution in [0.25, 0.3) is 10.9 Å². The molecule has 1 saturated carbocycles. The fraction of sp³-hybridized carbons (Fsp3) is 0.444. The monoisotopic (exact) mass is 329 g/mol. The molecule has 0 unspecified atom stereocenters. The highest BCUT2D eigenvalue weighted by atomic mass is 16.4. The second-order valence-electron chi connectivity index (χ2n) is 6.42. The molecule has 1 fully saturated rings. The number of hydrogen-bond donors (Lipinski definition) is 2. The van der Waals surface area contributed by atoms with Crippen molar-refractivity contribution < 1.29 is 14.7 Å². The molecular weight excluding hydrogens is 306 g/mol. The van der Waals surface area contributed by atoms with Crippen molar-refractivity contribution in [2.75, 3.05) is 13.1 Å². The summed E-state index contributed by atoms with van der Waals surface area (Å²) in [6.45, 7) is 2.73. The minimum atomic E-state index is -0.805. The van der Waals surface area contributed by atoms with Gasteiger partial charge in [0.15, 0.2) is 0 Å². The number of hydrogen-bond acceptors (Lipinski definition) is 3. The Labute approximate surface area is 141 Å². The number of amides is 1. The Morgan fingerprint density at radius 2 is 2.04 bits per heavy atom. The van der Waals surface area contributed by atoms with Crippen molar-refractivity contribution in [1.29, 1.82) is 0 Å². The van der Waals surface area contributed by atoms with E-state index in [-0.39, 0.29) is 24.5 Å². The van der Waals surface area contributed by atoms with Crippen molar-refractivity contribution in [2.45, 2.75) is 31.8 Å². The zero-order chi connectivity index (χ0) is 17.3. The van der Waals surface area contributed by atoms with Gasteiger partial charge in [-0.25, -0.2) is 0 Å². The van der Waals surface area contributed by atoms with Gasteiger partial charge in [0.2, 0.25) is 0 Å². The topological polar surface area (TPSA) is 74.6 Å². The first-order chi connectivity index (χ1) is 11.5. The summed E-state index contributed by atoms with van der Waals surface area (Å²) in [7, 11) is 1.93. The van der Waals surface area contributed by atoms with Crippen LogP contribution >= 0.6 is 0 Å². The molecule has 1 aliphatic carbocycles. The highest BCUT2D eigenvalue weighted by Gasteiger charge is 2.35. The van der Waals surface area contributed by atoms with Crippen LogP contribution in [-0.4, -0.2) is 51.6 Å². The summed E-state index contributed by atoms with van der Waals surface area (Å²) in [6.07, 6.45) is 3.47. The van der Waals surface area contributed by atoms with Crippen LogP contribution in [0.3, 0.4) is 0 Å². The van der Waals surface area contributed by atoms with Crippen LogP contribution in [0, 0.1) is 0 Å². The fourth-order valence-corrected chi connectivity index (χ4v) is 3.46. The standard InChI is InChI=1S/C18H23N3O3/c1-3-21(11-17(22)23)13-8-12(9-13)19-18(24)15-10-20(2)16-7-5-4-6-14(15)16/h4-7,10,12-13H,3,8-9,11H2,1-2H3,(H,19,24)(H,22,23). The number of aliphatic carboxylic acids is 1. The Balaban J connectivity index is 1.62. The lowest BCUT2D eigenvalue weighted by molar-refractivity contribution is -0.139. The fourth-order valence-electron chi connectivity index (χ4n) is 3.46. The van der Waals surface area contributed by atoms with Gasteiger partial charge in [-0.3, -0.25) is 14.5 Å². The molecule has 0 atom stereocenters. The lowest BCUT2D eigenvalue weighted by Gasteiger charge is -2.42. The lowest BCUT2D eigenvalue weighted by atomic mass is 9.85. The Morgan fingerprint density at radius 1 is 1.33 bits per heavy atom. The number of nitrogens with one attached hydrogen (secondary N) is 1. The van der Waals surface area contributed by atoms with Gasteiger partial charge < -0.3 is 15.0 Å². The summed E-state index contributed by atoms with van der Waals surface area (Å²) >= 11 is 0. The minimum absolute atomic E-state index is 0.0588. The number of aromatic nitrogens is 1. The number of likely N-dealkylation sites (N-methyl/N-ethyl adjacent to an activating group) is 1. The molecule has 0 spiro atoms. The van der Waals surface area contributed by atoms with Crippen LogP contribution < -0.4 is 5.32 Å². The normalized spacial score (nSPS) is 20.1. The molecule has 6 nitrogen and oxygen atoms in total. The van der Waals surface area contributed by atoms with Crippen molar-refractivity contribution in [3.8, 4) is 0 Å². The number of carboxylic acids is 1. The summed E-state index contributed by atoms with van der Waals surface area (Å²) in [5.41, 5.74) is 1.72. The van der Waals surface area contributed by atoms with Crippen molar-refractivity contribution >= 4 is 22.8 Å². The molecule has 1 heterocycles. The SMILES string of the molecule is CCN(CC(=O)O)C1CC(NC(=O)c2cn(C)c3ccccc23)C1. The number of nitrogens with zero attached hydrogens (tertiary/aromatic N) is 2. The first kappa shape index (κ1) is 16.5. The van der Waals surface area contributed by atoms with Crippen molar-refractivity contribution in [3.63, 3.8) is 0 Å². The molecule has 0 aliphatic heterocycles. The maximum atomic E-state index is 12.6. The molecule has 1 amide bonds. The summed E-state index contributed by atoms with van der Waals surface area (Å²) < 4.78 is 1.96. The van der Waals surface area contributed by atoms with E-state index in [1.807, 2.05) is 53.9 Å². The van der Waals surface area contributed by atoms with E-state index in [9.17, 15) is 9.59 Å². The largest absolute Gasteiger partial charge is 0.480 e. The van der Waals surface area contributed by atoms with Crippen molar-refractivity contribution in [2.24, 2.45) is 7.05 Å². The molecule has 0 radical (unpaired) electrons. The molecule has 0 bridgehead atoms. The number of fused-ring (bicyclic) bond motifs is 1. The molecule has 0 saturated heterocycles. The average molecular weight is 329 g/mol. The molecule has 2 N–H and O–H groups in total. The van der Waals surface area contributed by atoms with Gasteiger partial charge in [-0.2, -0.15) is 0 Å². The Bertz CT molecular complexity index is 762. The predicted molar refractivity (Wildman–Crippen MR) is 92.1 cm³/mol. The average Bonchev–Trinajstić information content (AvgIpc) is 2.86. The van der Waals surface area contributed by atoms with E-state index in [1.165, 1.54) is 0 Å². The number of aryl methyl sites for hydroxylation is 1. The van der Waals surface area contributed by atoms with Gasteiger partial charge in [0.25, 0.3) is 5.91 Å². The molecule has 128 valence electrons. The summed E-state index contributed by atoms with van der Waals surface area (Å²) in [5, 5.41) is 13.0. The molecule has 24 heavy (non-hydrogen) atoms. The molecule has 3 rings (SSSR count). The van der Waals surface area contributed by atoms with Gasteiger partial charge in [0.05, 0.1) is 12.1 Å². The van der Waals surface area contributed by atoms with Crippen molar-refractivity contribution in [1.82, 2.24) is 14.8 Å². The van der Waals surface area contributed by atoms with Crippen molar-refractivity contribution in [3.05, 3.63) is 36.0 Å². The third-order valence-corrected chi connectivity index (χ3v) is 4.85. The van der Waals surface area contributed by atoms with Crippen LogP contribution in [0.4, 0.5) is 0 Å². The van der Waals surface area contributed by atoms with E-state index in [2.05, 4.69) is 5.32 Å². The van der Waals surface area contributed by atoms with E-state index in [0.29, 0.717) is 12.1 Å². The van der Waals surface area contributed by atoms with E-state index in [4.69, 9.17) is 5.11 Å². The molecule has 1 aromatic carbocycles. The Kier molecular flexibility index (Phi) is 4.57. The van der Waals surface area contributed by atoms with Gasteiger partial charge in [-0.15, -0.1) is 0 Å². The van der Waals surface area contributed by atoms with E-state index >= 15 is 0 Å². The Morgan fingerprint density at radius 3 is 2.71 bits per heavy atom. The molecular formula is C18H23N3O3. The second-order valence-corrected chi connectivity index (χ2v) is 6.42. The first-order valence-electron chi connectivity index (χ1n) is 8.30. The quantitative estimate of drug-likeness (QED) is 0.848. The van der Waals surface area contributed by atoms with Gasteiger partial charge >= 0.3 is 5.97 Å². The third kappa shape index (κ3) is 3.14. The van der Waals surface area contributed by atoms with E-state index in [0.717, 1.165) is 23.7 Å². The molecule has 1 aliphatic rings. The smallest absolute Gasteiger partial charge is 0.317 e. The second kappa shape index (κ2) is 6.65. The molecule has 1 aromatic heterocycles. The zero-order valence-corrected chi connectivity index (χ0v) is 14.0.